The highest BCUT2D eigenvalue weighted by atomic mass is 32.2. The Morgan fingerprint density at radius 3 is 2.50 bits per heavy atom. The molecule has 0 aromatic heterocycles. The van der Waals surface area contributed by atoms with Crippen LogP contribution in [0.5, 0.6) is 5.75 Å². The quantitative estimate of drug-likeness (QED) is 0.652. The van der Waals surface area contributed by atoms with Crippen molar-refractivity contribution in [1.29, 1.82) is 0 Å². The van der Waals surface area contributed by atoms with E-state index in [0.29, 0.717) is 4.90 Å². The molecule has 6 heteroatoms. The molecule has 0 aliphatic heterocycles. The van der Waals surface area contributed by atoms with Crippen LogP contribution in [0, 0.1) is 5.82 Å². The summed E-state index contributed by atoms with van der Waals surface area (Å²) in [7, 11) is -1.65. The molecule has 0 atom stereocenters. The highest BCUT2D eigenvalue weighted by molar-refractivity contribution is 7.98. The van der Waals surface area contributed by atoms with E-state index in [9.17, 15) is 14.4 Å². The Kier molecular flexibility index (Phi) is 5.06. The Bertz CT molecular complexity index is 578. The summed E-state index contributed by atoms with van der Waals surface area (Å²) in [6.45, 7) is 0.219. The van der Waals surface area contributed by atoms with Crippen LogP contribution >= 0.6 is 11.8 Å². The van der Waals surface area contributed by atoms with E-state index < -0.39 is 12.9 Å². The standard InChI is InChI=1S/C14H14BFO3S/c1-20-13-8-11(15(17)18)7-12(14(13)16)19-9-10-5-3-2-4-6-10/h2-8,17-18H,9H2,1H3. The first kappa shape index (κ1) is 14.9. The SMILES string of the molecule is CSc1cc(B(O)O)cc(OCc2ccccc2)c1F. The van der Waals surface area contributed by atoms with Gasteiger partial charge in [-0.1, -0.05) is 30.3 Å². The van der Waals surface area contributed by atoms with Crippen LogP contribution in [0.1, 0.15) is 5.56 Å². The van der Waals surface area contributed by atoms with Gasteiger partial charge in [0, 0.05) is 4.90 Å². The number of hydrogen-bond acceptors (Lipinski definition) is 4. The van der Waals surface area contributed by atoms with Crippen molar-refractivity contribution >= 4 is 24.3 Å². The van der Waals surface area contributed by atoms with Gasteiger partial charge in [-0.2, -0.15) is 0 Å². The molecule has 3 nitrogen and oxygen atoms in total. The number of benzene rings is 2. The topological polar surface area (TPSA) is 49.7 Å². The third-order valence-corrected chi connectivity index (χ3v) is 3.52. The first-order valence-corrected chi connectivity index (χ1v) is 7.24. The fourth-order valence-electron chi connectivity index (χ4n) is 1.73. The highest BCUT2D eigenvalue weighted by Gasteiger charge is 2.18. The maximum atomic E-state index is 14.1. The van der Waals surface area contributed by atoms with Crippen LogP contribution in [0.25, 0.3) is 0 Å². The van der Waals surface area contributed by atoms with Crippen LogP contribution in [-0.2, 0) is 6.61 Å². The van der Waals surface area contributed by atoms with Gasteiger partial charge in [-0.15, -0.1) is 11.8 Å². The normalized spacial score (nSPS) is 10.4. The summed E-state index contributed by atoms with van der Waals surface area (Å²) in [6, 6.07) is 12.1. The highest BCUT2D eigenvalue weighted by Crippen LogP contribution is 2.26. The minimum Gasteiger partial charge on any atom is -0.486 e. The minimum absolute atomic E-state index is 0.0174. The van der Waals surface area contributed by atoms with Crippen molar-refractivity contribution < 1.29 is 19.2 Å². The van der Waals surface area contributed by atoms with Crippen LogP contribution in [0.3, 0.4) is 0 Å². The average Bonchev–Trinajstić information content (AvgIpc) is 2.47. The van der Waals surface area contributed by atoms with E-state index in [1.165, 1.54) is 23.9 Å². The van der Waals surface area contributed by atoms with Crippen molar-refractivity contribution in [3.8, 4) is 5.75 Å². The molecule has 0 fully saturated rings. The van der Waals surface area contributed by atoms with Gasteiger partial charge in [0.25, 0.3) is 0 Å². The molecule has 0 amide bonds. The van der Waals surface area contributed by atoms with Gasteiger partial charge in [0.05, 0.1) is 0 Å². The van der Waals surface area contributed by atoms with E-state index in [4.69, 9.17) is 4.74 Å². The van der Waals surface area contributed by atoms with Crippen LogP contribution in [0.4, 0.5) is 4.39 Å². The van der Waals surface area contributed by atoms with E-state index in [2.05, 4.69) is 0 Å². The van der Waals surface area contributed by atoms with Gasteiger partial charge < -0.3 is 14.8 Å². The summed E-state index contributed by atoms with van der Waals surface area (Å²) >= 11 is 1.19. The van der Waals surface area contributed by atoms with Crippen molar-refractivity contribution in [2.24, 2.45) is 0 Å². The first-order valence-electron chi connectivity index (χ1n) is 6.02. The van der Waals surface area contributed by atoms with Gasteiger partial charge >= 0.3 is 7.12 Å². The molecule has 2 rings (SSSR count). The molecule has 0 saturated carbocycles. The van der Waals surface area contributed by atoms with Crippen molar-refractivity contribution in [3.05, 3.63) is 53.8 Å². The number of rotatable bonds is 5. The zero-order valence-corrected chi connectivity index (χ0v) is 11.7. The second-order valence-electron chi connectivity index (χ2n) is 4.18. The summed E-state index contributed by atoms with van der Waals surface area (Å²) in [5.41, 5.74) is 1.12. The van der Waals surface area contributed by atoms with Crippen molar-refractivity contribution in [2.45, 2.75) is 11.5 Å². The fraction of sp³-hybridized carbons (Fsp3) is 0.143. The Labute approximate surface area is 121 Å². The molecule has 0 aliphatic rings. The van der Waals surface area contributed by atoms with Gasteiger partial charge in [0.1, 0.15) is 6.61 Å². The smallest absolute Gasteiger partial charge is 0.486 e. The molecule has 0 radical (unpaired) electrons. The lowest BCUT2D eigenvalue weighted by atomic mass is 9.80. The zero-order valence-electron chi connectivity index (χ0n) is 10.9. The largest absolute Gasteiger partial charge is 0.488 e. The van der Waals surface area contributed by atoms with Crippen molar-refractivity contribution in [2.75, 3.05) is 6.26 Å². The van der Waals surface area contributed by atoms with Gasteiger partial charge in [0.15, 0.2) is 11.6 Å². The summed E-state index contributed by atoms with van der Waals surface area (Å²) in [5.74, 6) is -0.471. The second kappa shape index (κ2) is 6.79. The zero-order chi connectivity index (χ0) is 14.5. The summed E-state index contributed by atoms with van der Waals surface area (Å²) in [4.78, 5) is 0.318. The first-order chi connectivity index (χ1) is 9.61. The minimum atomic E-state index is -1.65. The average molecular weight is 292 g/mol. The molecular weight excluding hydrogens is 278 g/mol. The van der Waals surface area contributed by atoms with E-state index in [0.717, 1.165) is 5.56 Å². The van der Waals surface area contributed by atoms with Crippen LogP contribution in [-0.4, -0.2) is 23.4 Å². The predicted octanol–water partition coefficient (Wildman–Crippen LogP) is 1.81. The summed E-state index contributed by atoms with van der Waals surface area (Å²) in [5, 5.41) is 18.4. The fourth-order valence-corrected chi connectivity index (χ4v) is 2.26. The molecule has 20 heavy (non-hydrogen) atoms. The lowest BCUT2D eigenvalue weighted by molar-refractivity contribution is 0.288. The predicted molar refractivity (Wildman–Crippen MR) is 78.8 cm³/mol. The number of thioether (sulfide) groups is 1. The lowest BCUT2D eigenvalue weighted by Crippen LogP contribution is -2.30. The van der Waals surface area contributed by atoms with Crippen LogP contribution in [0.15, 0.2) is 47.4 Å². The van der Waals surface area contributed by atoms with Gasteiger partial charge in [0.2, 0.25) is 0 Å². The number of hydrogen-bond donors (Lipinski definition) is 2. The molecule has 2 aromatic carbocycles. The van der Waals surface area contributed by atoms with E-state index in [1.54, 1.807) is 6.26 Å². The van der Waals surface area contributed by atoms with Crippen molar-refractivity contribution in [3.63, 3.8) is 0 Å². The molecule has 2 aromatic rings. The van der Waals surface area contributed by atoms with Crippen LogP contribution in [0.2, 0.25) is 0 Å². The Morgan fingerprint density at radius 2 is 1.90 bits per heavy atom. The molecule has 0 heterocycles. The maximum absolute atomic E-state index is 14.1. The molecule has 0 bridgehead atoms. The van der Waals surface area contributed by atoms with E-state index in [-0.39, 0.29) is 17.8 Å². The third kappa shape index (κ3) is 3.53. The molecule has 0 saturated heterocycles. The second-order valence-corrected chi connectivity index (χ2v) is 5.03. The lowest BCUT2D eigenvalue weighted by Gasteiger charge is -2.12. The maximum Gasteiger partial charge on any atom is 0.488 e. The van der Waals surface area contributed by atoms with Crippen LogP contribution < -0.4 is 10.2 Å². The summed E-state index contributed by atoms with van der Waals surface area (Å²) < 4.78 is 19.6. The van der Waals surface area contributed by atoms with Gasteiger partial charge in [-0.3, -0.25) is 0 Å². The van der Waals surface area contributed by atoms with E-state index >= 15 is 0 Å². The summed E-state index contributed by atoms with van der Waals surface area (Å²) in [6.07, 6.45) is 1.72. The Morgan fingerprint density at radius 1 is 1.20 bits per heavy atom. The molecule has 0 aliphatic carbocycles. The monoisotopic (exact) mass is 292 g/mol. The molecular formula is C14H14BFO3S. The molecule has 0 unspecified atom stereocenters. The number of ether oxygens (including phenoxy) is 1. The molecule has 104 valence electrons. The van der Waals surface area contributed by atoms with Crippen molar-refractivity contribution in [1.82, 2.24) is 0 Å². The Hall–Kier alpha value is -1.50. The molecule has 2 N–H and O–H groups in total. The third-order valence-electron chi connectivity index (χ3n) is 2.78. The number of halogens is 1. The molecule has 0 spiro atoms. The van der Waals surface area contributed by atoms with Gasteiger partial charge in [-0.05, 0) is 29.4 Å². The van der Waals surface area contributed by atoms with E-state index in [1.807, 2.05) is 30.3 Å². The Balaban J connectivity index is 2.24. The van der Waals surface area contributed by atoms with Gasteiger partial charge in [-0.25, -0.2) is 4.39 Å².